The van der Waals surface area contributed by atoms with Crippen LogP contribution in [0, 0.1) is 0 Å². The van der Waals surface area contributed by atoms with E-state index in [1.807, 2.05) is 6.92 Å². The van der Waals surface area contributed by atoms with Crippen molar-refractivity contribution in [2.24, 2.45) is 0 Å². The van der Waals surface area contributed by atoms with Gasteiger partial charge < -0.3 is 15.2 Å². The minimum absolute atomic E-state index is 0.105. The third kappa shape index (κ3) is 4.54. The molecule has 0 aromatic rings. The van der Waals surface area contributed by atoms with Crippen molar-refractivity contribution in [2.75, 3.05) is 13.2 Å². The third-order valence-electron chi connectivity index (χ3n) is 2.89. The molecule has 3 nitrogen and oxygen atoms in total. The molecule has 1 heterocycles. The van der Waals surface area contributed by atoms with Crippen LogP contribution < -0.4 is 5.32 Å². The van der Waals surface area contributed by atoms with E-state index >= 15 is 0 Å². The number of hydrogen-bond acceptors (Lipinski definition) is 3. The van der Waals surface area contributed by atoms with E-state index < -0.39 is 5.60 Å². The highest BCUT2D eigenvalue weighted by molar-refractivity contribution is 5.14. The molecular formula is C13H25NO2. The van der Waals surface area contributed by atoms with Crippen molar-refractivity contribution in [1.29, 1.82) is 0 Å². The summed E-state index contributed by atoms with van der Waals surface area (Å²) in [6.07, 6.45) is 4.41. The molecule has 0 bridgehead atoms. The minimum atomic E-state index is -0.737. The molecule has 0 spiro atoms. The van der Waals surface area contributed by atoms with Crippen molar-refractivity contribution in [2.45, 2.75) is 58.1 Å². The van der Waals surface area contributed by atoms with Crippen LogP contribution in [-0.4, -0.2) is 29.4 Å². The first-order chi connectivity index (χ1) is 7.31. The number of ether oxygens (including phenoxy) is 1. The predicted octanol–water partition coefficient (Wildman–Crippen LogP) is 2.21. The van der Waals surface area contributed by atoms with Gasteiger partial charge in [0.2, 0.25) is 0 Å². The molecule has 1 rings (SSSR count). The third-order valence-corrected chi connectivity index (χ3v) is 2.89. The van der Waals surface area contributed by atoms with Crippen LogP contribution >= 0.6 is 0 Å². The maximum atomic E-state index is 10.3. The topological polar surface area (TPSA) is 41.5 Å². The Hall–Kier alpha value is -0.540. The zero-order valence-electron chi connectivity index (χ0n) is 11.0. The van der Waals surface area contributed by atoms with Crippen LogP contribution in [0.1, 0.15) is 47.0 Å². The Balaban J connectivity index is 2.42. The van der Waals surface area contributed by atoms with Crippen molar-refractivity contribution in [3.63, 3.8) is 0 Å². The standard InChI is InChI=1S/C13H25NO2/c1-12(2,3)14-8-7-13(4,15)11-6-5-9-16-10-11/h10,14-15H,5-9H2,1-4H3. The van der Waals surface area contributed by atoms with Gasteiger partial charge >= 0.3 is 0 Å². The predicted molar refractivity (Wildman–Crippen MR) is 66.3 cm³/mol. The van der Waals surface area contributed by atoms with E-state index in [9.17, 15) is 5.11 Å². The summed E-state index contributed by atoms with van der Waals surface area (Å²) in [7, 11) is 0. The average Bonchev–Trinajstić information content (AvgIpc) is 2.17. The maximum absolute atomic E-state index is 10.3. The highest BCUT2D eigenvalue weighted by Crippen LogP contribution is 2.27. The molecule has 16 heavy (non-hydrogen) atoms. The van der Waals surface area contributed by atoms with Crippen LogP contribution in [0.5, 0.6) is 0 Å². The Labute approximate surface area is 98.9 Å². The van der Waals surface area contributed by atoms with E-state index in [-0.39, 0.29) is 5.54 Å². The van der Waals surface area contributed by atoms with Gasteiger partial charge in [-0.15, -0.1) is 0 Å². The number of aliphatic hydroxyl groups is 1. The fraction of sp³-hybridized carbons (Fsp3) is 0.846. The molecule has 0 radical (unpaired) electrons. The highest BCUT2D eigenvalue weighted by atomic mass is 16.5. The summed E-state index contributed by atoms with van der Waals surface area (Å²) in [6, 6.07) is 0. The van der Waals surface area contributed by atoms with Gasteiger partial charge in [-0.05, 0) is 59.1 Å². The van der Waals surface area contributed by atoms with Crippen LogP contribution in [-0.2, 0) is 4.74 Å². The van der Waals surface area contributed by atoms with Crippen molar-refractivity contribution >= 4 is 0 Å². The number of hydrogen-bond donors (Lipinski definition) is 2. The fourth-order valence-electron chi connectivity index (χ4n) is 1.80. The summed E-state index contributed by atoms with van der Waals surface area (Å²) >= 11 is 0. The lowest BCUT2D eigenvalue weighted by Gasteiger charge is -2.30. The molecule has 0 saturated carbocycles. The average molecular weight is 227 g/mol. The van der Waals surface area contributed by atoms with Gasteiger partial charge in [0.25, 0.3) is 0 Å². The zero-order chi connectivity index (χ0) is 12.2. The van der Waals surface area contributed by atoms with E-state index in [0.717, 1.165) is 38.0 Å². The first kappa shape index (κ1) is 13.5. The van der Waals surface area contributed by atoms with E-state index in [4.69, 9.17) is 4.74 Å². The zero-order valence-corrected chi connectivity index (χ0v) is 11.0. The lowest BCUT2D eigenvalue weighted by atomic mass is 9.89. The SMILES string of the molecule is CC(C)(C)NCCC(C)(O)C1=COCCC1. The number of rotatable bonds is 4. The molecule has 1 unspecified atom stereocenters. The largest absolute Gasteiger partial charge is 0.501 e. The molecule has 1 aliphatic heterocycles. The molecule has 2 N–H and O–H groups in total. The van der Waals surface area contributed by atoms with Gasteiger partial charge in [0.05, 0.1) is 18.5 Å². The van der Waals surface area contributed by atoms with Crippen LogP contribution in [0.4, 0.5) is 0 Å². The first-order valence-electron chi connectivity index (χ1n) is 6.10. The van der Waals surface area contributed by atoms with Gasteiger partial charge in [-0.25, -0.2) is 0 Å². The number of nitrogens with one attached hydrogen (secondary N) is 1. The van der Waals surface area contributed by atoms with Crippen molar-refractivity contribution in [3.05, 3.63) is 11.8 Å². The molecule has 0 aliphatic carbocycles. The summed E-state index contributed by atoms with van der Waals surface area (Å²) in [4.78, 5) is 0. The van der Waals surface area contributed by atoms with Crippen LogP contribution in [0.2, 0.25) is 0 Å². The van der Waals surface area contributed by atoms with Crippen molar-refractivity contribution in [1.82, 2.24) is 5.32 Å². The summed E-state index contributed by atoms with van der Waals surface area (Å²) in [5, 5.41) is 13.7. The summed E-state index contributed by atoms with van der Waals surface area (Å²) < 4.78 is 5.27. The van der Waals surface area contributed by atoms with E-state index in [0.29, 0.717) is 0 Å². The molecule has 1 aliphatic rings. The Morgan fingerprint density at radius 1 is 1.38 bits per heavy atom. The Kier molecular flexibility index (Phi) is 4.39. The van der Waals surface area contributed by atoms with Gasteiger partial charge in [-0.3, -0.25) is 0 Å². The first-order valence-corrected chi connectivity index (χ1v) is 6.10. The molecule has 0 amide bonds. The maximum Gasteiger partial charge on any atom is 0.0876 e. The molecule has 0 fully saturated rings. The summed E-state index contributed by atoms with van der Waals surface area (Å²) in [6.45, 7) is 9.85. The van der Waals surface area contributed by atoms with Gasteiger partial charge in [0, 0.05) is 5.54 Å². The second-order valence-electron chi connectivity index (χ2n) is 5.82. The molecule has 1 atom stereocenters. The lowest BCUT2D eigenvalue weighted by molar-refractivity contribution is 0.0704. The van der Waals surface area contributed by atoms with Crippen molar-refractivity contribution in [3.8, 4) is 0 Å². The van der Waals surface area contributed by atoms with Crippen molar-refractivity contribution < 1.29 is 9.84 Å². The van der Waals surface area contributed by atoms with Crippen LogP contribution in [0.25, 0.3) is 0 Å². The van der Waals surface area contributed by atoms with Gasteiger partial charge in [0.15, 0.2) is 0 Å². The molecule has 0 aromatic carbocycles. The smallest absolute Gasteiger partial charge is 0.0876 e. The normalized spacial score (nSPS) is 20.9. The Morgan fingerprint density at radius 2 is 2.06 bits per heavy atom. The molecule has 0 saturated heterocycles. The molecule has 94 valence electrons. The van der Waals surface area contributed by atoms with Gasteiger partial charge in [-0.2, -0.15) is 0 Å². The monoisotopic (exact) mass is 227 g/mol. The fourth-order valence-corrected chi connectivity index (χ4v) is 1.80. The Morgan fingerprint density at radius 3 is 2.56 bits per heavy atom. The second-order valence-corrected chi connectivity index (χ2v) is 5.82. The summed E-state index contributed by atoms with van der Waals surface area (Å²) in [5.41, 5.74) is 0.390. The van der Waals surface area contributed by atoms with Crippen LogP contribution in [0.3, 0.4) is 0 Å². The molecule has 0 aromatic heterocycles. The highest BCUT2D eigenvalue weighted by Gasteiger charge is 2.27. The molecule has 3 heteroatoms. The van der Waals surface area contributed by atoms with Gasteiger partial charge in [0.1, 0.15) is 0 Å². The second kappa shape index (κ2) is 5.19. The Bertz CT molecular complexity index is 251. The van der Waals surface area contributed by atoms with E-state index in [1.54, 1.807) is 6.26 Å². The van der Waals surface area contributed by atoms with Crippen LogP contribution in [0.15, 0.2) is 11.8 Å². The van der Waals surface area contributed by atoms with E-state index in [1.165, 1.54) is 0 Å². The minimum Gasteiger partial charge on any atom is -0.501 e. The summed E-state index contributed by atoms with van der Waals surface area (Å²) in [5.74, 6) is 0. The lowest BCUT2D eigenvalue weighted by Crippen LogP contribution is -2.40. The quantitative estimate of drug-likeness (QED) is 0.773. The van der Waals surface area contributed by atoms with E-state index in [2.05, 4.69) is 26.1 Å². The molecular weight excluding hydrogens is 202 g/mol. The van der Waals surface area contributed by atoms with Gasteiger partial charge in [-0.1, -0.05) is 0 Å².